The second-order valence-corrected chi connectivity index (χ2v) is 5.68. The molecule has 2 aliphatic carbocycles. The molecule has 1 nitrogen and oxygen atoms in total. The minimum absolute atomic E-state index is 0.329. The maximum absolute atomic E-state index is 10.3. The zero-order chi connectivity index (χ0) is 10.2. The summed E-state index contributed by atoms with van der Waals surface area (Å²) in [7, 11) is 0. The summed E-state index contributed by atoms with van der Waals surface area (Å²) in [6.07, 6.45) is 10.3. The van der Waals surface area contributed by atoms with Crippen LogP contribution < -0.4 is 0 Å². The summed E-state index contributed by atoms with van der Waals surface area (Å²) >= 11 is 0. The lowest BCUT2D eigenvalue weighted by atomic mass is 9.83. The van der Waals surface area contributed by atoms with Crippen LogP contribution in [0.1, 0.15) is 65.2 Å². The van der Waals surface area contributed by atoms with Crippen molar-refractivity contribution < 1.29 is 5.11 Å². The van der Waals surface area contributed by atoms with Crippen LogP contribution in [0.5, 0.6) is 0 Å². The number of hydrogen-bond donors (Lipinski definition) is 1. The predicted molar refractivity (Wildman–Crippen MR) is 59.2 cm³/mol. The maximum atomic E-state index is 10.3. The first kappa shape index (κ1) is 10.5. The van der Waals surface area contributed by atoms with Crippen molar-refractivity contribution in [2.24, 2.45) is 11.3 Å². The first-order chi connectivity index (χ1) is 6.62. The molecule has 3 atom stereocenters. The Hall–Kier alpha value is -0.0400. The zero-order valence-electron chi connectivity index (χ0n) is 9.68. The third kappa shape index (κ3) is 1.50. The van der Waals surface area contributed by atoms with Gasteiger partial charge in [-0.1, -0.05) is 32.6 Å². The Kier molecular flexibility index (Phi) is 2.63. The lowest BCUT2D eigenvalue weighted by Gasteiger charge is -2.29. The van der Waals surface area contributed by atoms with Gasteiger partial charge in [0.1, 0.15) is 0 Å². The average molecular weight is 196 g/mol. The van der Waals surface area contributed by atoms with Crippen LogP contribution in [0.25, 0.3) is 0 Å². The van der Waals surface area contributed by atoms with E-state index in [1.165, 1.54) is 44.9 Å². The molecule has 0 spiro atoms. The van der Waals surface area contributed by atoms with E-state index in [1.807, 2.05) is 0 Å². The van der Waals surface area contributed by atoms with E-state index in [-0.39, 0.29) is 5.60 Å². The van der Waals surface area contributed by atoms with Gasteiger partial charge in [-0.25, -0.2) is 0 Å². The molecule has 14 heavy (non-hydrogen) atoms. The highest BCUT2D eigenvalue weighted by Gasteiger charge is 2.67. The summed E-state index contributed by atoms with van der Waals surface area (Å²) in [6.45, 7) is 4.32. The standard InChI is InChI=1S/C13H24O/c1-3-4-5-6-8-13-10-11(13)7-9-12(13,2)14/h11,14H,3-10H2,1-2H3/t11-,12-,13+/m1/s1. The summed E-state index contributed by atoms with van der Waals surface area (Å²) in [5, 5.41) is 10.3. The van der Waals surface area contributed by atoms with Gasteiger partial charge >= 0.3 is 0 Å². The second-order valence-electron chi connectivity index (χ2n) is 5.68. The molecule has 0 amide bonds. The highest BCUT2D eigenvalue weighted by atomic mass is 16.3. The van der Waals surface area contributed by atoms with Crippen molar-refractivity contribution >= 4 is 0 Å². The molecule has 0 heterocycles. The van der Waals surface area contributed by atoms with E-state index < -0.39 is 0 Å². The van der Waals surface area contributed by atoms with Gasteiger partial charge in [0.2, 0.25) is 0 Å². The average Bonchev–Trinajstić information content (AvgIpc) is 2.80. The summed E-state index contributed by atoms with van der Waals surface area (Å²) in [4.78, 5) is 0. The van der Waals surface area contributed by atoms with Crippen molar-refractivity contribution in [3.05, 3.63) is 0 Å². The monoisotopic (exact) mass is 196 g/mol. The Morgan fingerprint density at radius 1 is 1.29 bits per heavy atom. The first-order valence-electron chi connectivity index (χ1n) is 6.35. The van der Waals surface area contributed by atoms with E-state index in [1.54, 1.807) is 0 Å². The normalized spacial score (nSPS) is 45.2. The minimum Gasteiger partial charge on any atom is -0.390 e. The smallest absolute Gasteiger partial charge is 0.0678 e. The van der Waals surface area contributed by atoms with E-state index in [4.69, 9.17) is 0 Å². The lowest BCUT2D eigenvalue weighted by molar-refractivity contribution is -0.0101. The molecule has 82 valence electrons. The summed E-state index contributed by atoms with van der Waals surface area (Å²) in [6, 6.07) is 0. The SMILES string of the molecule is CCCCCC[C@]12C[C@H]1CC[C@@]2(C)O. The fraction of sp³-hybridized carbons (Fsp3) is 1.00. The molecule has 0 bridgehead atoms. The van der Waals surface area contributed by atoms with E-state index in [2.05, 4.69) is 13.8 Å². The van der Waals surface area contributed by atoms with Gasteiger partial charge in [-0.15, -0.1) is 0 Å². The van der Waals surface area contributed by atoms with Crippen LogP contribution in [-0.2, 0) is 0 Å². The number of fused-ring (bicyclic) bond motifs is 1. The molecule has 0 radical (unpaired) electrons. The Morgan fingerprint density at radius 3 is 2.57 bits per heavy atom. The molecule has 2 fully saturated rings. The molecule has 2 aliphatic rings. The Bertz CT molecular complexity index is 209. The molecule has 2 rings (SSSR count). The molecular formula is C13H24O. The van der Waals surface area contributed by atoms with E-state index >= 15 is 0 Å². The second kappa shape index (κ2) is 3.52. The fourth-order valence-corrected chi connectivity index (χ4v) is 3.57. The van der Waals surface area contributed by atoms with Gasteiger partial charge in [-0.05, 0) is 38.5 Å². The molecule has 1 heteroatoms. The summed E-state index contributed by atoms with van der Waals surface area (Å²) < 4.78 is 0. The van der Waals surface area contributed by atoms with Gasteiger partial charge in [0.05, 0.1) is 5.60 Å². The third-order valence-corrected chi connectivity index (χ3v) is 4.76. The number of aliphatic hydroxyl groups is 1. The van der Waals surface area contributed by atoms with Gasteiger partial charge in [0, 0.05) is 5.41 Å². The topological polar surface area (TPSA) is 20.2 Å². The van der Waals surface area contributed by atoms with Crippen LogP contribution in [0.4, 0.5) is 0 Å². The van der Waals surface area contributed by atoms with Gasteiger partial charge in [-0.2, -0.15) is 0 Å². The number of rotatable bonds is 5. The van der Waals surface area contributed by atoms with Crippen molar-refractivity contribution in [1.82, 2.24) is 0 Å². The van der Waals surface area contributed by atoms with Crippen LogP contribution in [0, 0.1) is 11.3 Å². The van der Waals surface area contributed by atoms with Crippen molar-refractivity contribution in [3.63, 3.8) is 0 Å². The van der Waals surface area contributed by atoms with Crippen LogP contribution in [0.15, 0.2) is 0 Å². The van der Waals surface area contributed by atoms with Gasteiger partial charge in [0.15, 0.2) is 0 Å². The highest BCUT2D eigenvalue weighted by molar-refractivity contribution is 5.17. The number of hydrogen-bond acceptors (Lipinski definition) is 1. The van der Waals surface area contributed by atoms with Gasteiger partial charge in [-0.3, -0.25) is 0 Å². The van der Waals surface area contributed by atoms with Crippen molar-refractivity contribution in [2.75, 3.05) is 0 Å². The Balaban J connectivity index is 1.80. The Labute approximate surface area is 87.9 Å². The third-order valence-electron chi connectivity index (χ3n) is 4.76. The van der Waals surface area contributed by atoms with Crippen LogP contribution in [-0.4, -0.2) is 10.7 Å². The molecule has 1 N–H and O–H groups in total. The van der Waals surface area contributed by atoms with Crippen LogP contribution in [0.3, 0.4) is 0 Å². The van der Waals surface area contributed by atoms with Crippen LogP contribution in [0.2, 0.25) is 0 Å². The molecule has 0 aliphatic heterocycles. The van der Waals surface area contributed by atoms with E-state index in [0.717, 1.165) is 12.3 Å². The molecule has 0 aromatic heterocycles. The minimum atomic E-state index is -0.329. The van der Waals surface area contributed by atoms with Gasteiger partial charge < -0.3 is 5.11 Å². The first-order valence-corrected chi connectivity index (χ1v) is 6.35. The Morgan fingerprint density at radius 2 is 2.07 bits per heavy atom. The molecule has 2 saturated carbocycles. The molecule has 0 saturated heterocycles. The van der Waals surface area contributed by atoms with E-state index in [0.29, 0.717) is 5.41 Å². The highest BCUT2D eigenvalue weighted by Crippen LogP contribution is 2.70. The summed E-state index contributed by atoms with van der Waals surface area (Å²) in [5.74, 6) is 0.874. The maximum Gasteiger partial charge on any atom is 0.0678 e. The largest absolute Gasteiger partial charge is 0.390 e. The molecular weight excluding hydrogens is 172 g/mol. The number of unbranched alkanes of at least 4 members (excludes halogenated alkanes) is 3. The van der Waals surface area contributed by atoms with Crippen molar-refractivity contribution in [1.29, 1.82) is 0 Å². The zero-order valence-corrected chi connectivity index (χ0v) is 9.68. The van der Waals surface area contributed by atoms with Gasteiger partial charge in [0.25, 0.3) is 0 Å². The van der Waals surface area contributed by atoms with Crippen molar-refractivity contribution in [2.45, 2.75) is 70.8 Å². The quantitative estimate of drug-likeness (QED) is 0.667. The lowest BCUT2D eigenvalue weighted by Crippen LogP contribution is -2.33. The molecule has 0 unspecified atom stereocenters. The predicted octanol–water partition coefficient (Wildman–Crippen LogP) is 3.51. The van der Waals surface area contributed by atoms with Crippen molar-refractivity contribution in [3.8, 4) is 0 Å². The fourth-order valence-electron chi connectivity index (χ4n) is 3.57. The summed E-state index contributed by atoms with van der Waals surface area (Å²) in [5.41, 5.74) is 0.0324. The molecule has 0 aromatic rings. The van der Waals surface area contributed by atoms with E-state index in [9.17, 15) is 5.11 Å². The molecule has 0 aromatic carbocycles. The van der Waals surface area contributed by atoms with Crippen LogP contribution >= 0.6 is 0 Å².